The number of sulfonamides is 1. The Morgan fingerprint density at radius 1 is 1.35 bits per heavy atom. The molecule has 2 N–H and O–H groups in total. The fraction of sp³-hybridized carbons (Fsp3) is 0.455. The summed E-state index contributed by atoms with van der Waals surface area (Å²) in [6.07, 6.45) is 0. The lowest BCUT2D eigenvalue weighted by molar-refractivity contribution is 0.179. The highest BCUT2D eigenvalue weighted by Gasteiger charge is 2.26. The number of halogens is 1. The van der Waals surface area contributed by atoms with Crippen LogP contribution >= 0.6 is 0 Å². The van der Waals surface area contributed by atoms with E-state index < -0.39 is 21.3 Å². The van der Waals surface area contributed by atoms with Crippen molar-refractivity contribution in [2.24, 2.45) is 5.41 Å². The van der Waals surface area contributed by atoms with Gasteiger partial charge in [0.25, 0.3) is 0 Å². The minimum Gasteiger partial charge on any atom is -0.396 e. The van der Waals surface area contributed by atoms with Crippen LogP contribution in [0.5, 0.6) is 0 Å². The molecule has 1 aromatic carbocycles. The van der Waals surface area contributed by atoms with Crippen molar-refractivity contribution in [3.8, 4) is 0 Å². The number of anilines is 1. The molecule has 0 saturated carbocycles. The number of para-hydroxylation sites is 1. The van der Waals surface area contributed by atoms with Crippen LogP contribution in [-0.4, -0.2) is 25.9 Å². The predicted octanol–water partition coefficient (Wildman–Crippen LogP) is 1.59. The number of nitrogens with one attached hydrogen (secondary N) is 1. The molecular weight excluding hydrogens is 245 g/mol. The van der Waals surface area contributed by atoms with E-state index in [-0.39, 0.29) is 18.0 Å². The maximum Gasteiger partial charge on any atom is 0.233 e. The van der Waals surface area contributed by atoms with Crippen LogP contribution in [0.3, 0.4) is 0 Å². The summed E-state index contributed by atoms with van der Waals surface area (Å²) in [6.45, 7) is 2.98. The van der Waals surface area contributed by atoms with Gasteiger partial charge in [0, 0.05) is 12.0 Å². The van der Waals surface area contributed by atoms with Crippen LogP contribution in [0.15, 0.2) is 24.3 Å². The molecule has 0 heterocycles. The third-order valence-corrected chi connectivity index (χ3v) is 3.84. The monoisotopic (exact) mass is 261 g/mol. The van der Waals surface area contributed by atoms with Gasteiger partial charge >= 0.3 is 0 Å². The number of benzene rings is 1. The molecule has 17 heavy (non-hydrogen) atoms. The van der Waals surface area contributed by atoms with Crippen molar-refractivity contribution >= 4 is 15.7 Å². The van der Waals surface area contributed by atoms with Gasteiger partial charge in [-0.25, -0.2) is 12.8 Å². The Labute approximate surface area is 101 Å². The average molecular weight is 261 g/mol. The summed E-state index contributed by atoms with van der Waals surface area (Å²) in [4.78, 5) is 0. The van der Waals surface area contributed by atoms with E-state index in [1.54, 1.807) is 13.8 Å². The van der Waals surface area contributed by atoms with Gasteiger partial charge in [0.05, 0.1) is 11.4 Å². The van der Waals surface area contributed by atoms with Gasteiger partial charge in [0.2, 0.25) is 10.0 Å². The van der Waals surface area contributed by atoms with Crippen molar-refractivity contribution in [2.75, 3.05) is 17.1 Å². The van der Waals surface area contributed by atoms with Crippen LogP contribution in [0.1, 0.15) is 13.8 Å². The zero-order valence-electron chi connectivity index (χ0n) is 9.77. The molecule has 1 aromatic rings. The van der Waals surface area contributed by atoms with Crippen LogP contribution < -0.4 is 4.72 Å². The second-order valence-corrected chi connectivity index (χ2v) is 6.39. The second kappa shape index (κ2) is 5.01. The second-order valence-electron chi connectivity index (χ2n) is 4.66. The van der Waals surface area contributed by atoms with Crippen LogP contribution in [0, 0.1) is 11.2 Å². The van der Waals surface area contributed by atoms with Gasteiger partial charge < -0.3 is 5.11 Å². The van der Waals surface area contributed by atoms with Crippen molar-refractivity contribution in [1.82, 2.24) is 0 Å². The summed E-state index contributed by atoms with van der Waals surface area (Å²) in [7, 11) is -3.68. The van der Waals surface area contributed by atoms with Gasteiger partial charge in [-0.05, 0) is 12.1 Å². The van der Waals surface area contributed by atoms with E-state index in [9.17, 15) is 12.8 Å². The molecule has 96 valence electrons. The molecular formula is C11H16FNO3S. The minimum atomic E-state index is -3.68. The third-order valence-electron chi connectivity index (χ3n) is 2.15. The topological polar surface area (TPSA) is 66.4 Å². The molecule has 1 rings (SSSR count). The van der Waals surface area contributed by atoms with E-state index in [4.69, 9.17) is 5.11 Å². The van der Waals surface area contributed by atoms with Crippen LogP contribution in [0.25, 0.3) is 0 Å². The van der Waals surface area contributed by atoms with Crippen molar-refractivity contribution in [3.63, 3.8) is 0 Å². The van der Waals surface area contributed by atoms with Crippen molar-refractivity contribution in [2.45, 2.75) is 13.8 Å². The lowest BCUT2D eigenvalue weighted by Gasteiger charge is -2.21. The van der Waals surface area contributed by atoms with Gasteiger partial charge in [0.1, 0.15) is 5.82 Å². The van der Waals surface area contributed by atoms with E-state index in [0.29, 0.717) is 0 Å². The standard InChI is InChI=1S/C11H16FNO3S/c1-11(2,7-14)8-17(15,16)13-10-6-4-3-5-9(10)12/h3-6,13-14H,7-8H2,1-2H3. The highest BCUT2D eigenvalue weighted by atomic mass is 32.2. The number of rotatable bonds is 5. The Bertz CT molecular complexity index is 485. The summed E-state index contributed by atoms with van der Waals surface area (Å²) < 4.78 is 38.9. The molecule has 0 fully saturated rings. The number of hydrogen-bond donors (Lipinski definition) is 2. The minimum absolute atomic E-state index is 0.0822. The Morgan fingerprint density at radius 2 is 1.94 bits per heavy atom. The van der Waals surface area contributed by atoms with Gasteiger partial charge in [-0.15, -0.1) is 0 Å². The van der Waals surface area contributed by atoms with E-state index in [2.05, 4.69) is 4.72 Å². The Hall–Kier alpha value is -1.14. The van der Waals surface area contributed by atoms with E-state index in [1.807, 2.05) is 0 Å². The quantitative estimate of drug-likeness (QED) is 0.845. The molecule has 0 aliphatic carbocycles. The Morgan fingerprint density at radius 3 is 2.47 bits per heavy atom. The lowest BCUT2D eigenvalue weighted by Crippen LogP contribution is -2.31. The lowest BCUT2D eigenvalue weighted by atomic mass is 9.98. The molecule has 0 spiro atoms. The summed E-state index contributed by atoms with van der Waals surface area (Å²) in [5.74, 6) is -0.900. The van der Waals surface area contributed by atoms with Crippen molar-refractivity contribution in [1.29, 1.82) is 0 Å². The number of aliphatic hydroxyl groups is 1. The zero-order chi connectivity index (χ0) is 13.1. The van der Waals surface area contributed by atoms with Crippen molar-refractivity contribution in [3.05, 3.63) is 30.1 Å². The first-order valence-electron chi connectivity index (χ1n) is 5.12. The molecule has 0 atom stereocenters. The van der Waals surface area contributed by atoms with Gasteiger partial charge in [0.15, 0.2) is 0 Å². The maximum atomic E-state index is 13.3. The normalized spacial score (nSPS) is 12.5. The average Bonchev–Trinajstić information content (AvgIpc) is 2.20. The van der Waals surface area contributed by atoms with E-state index in [1.165, 1.54) is 24.3 Å². The van der Waals surface area contributed by atoms with E-state index >= 15 is 0 Å². The Kier molecular flexibility index (Phi) is 4.11. The zero-order valence-corrected chi connectivity index (χ0v) is 10.6. The summed E-state index contributed by atoms with van der Waals surface area (Å²) in [5.41, 5.74) is -0.849. The fourth-order valence-corrected chi connectivity index (χ4v) is 3.00. The summed E-state index contributed by atoms with van der Waals surface area (Å²) >= 11 is 0. The molecule has 4 nitrogen and oxygen atoms in total. The van der Waals surface area contributed by atoms with Gasteiger partial charge in [-0.1, -0.05) is 26.0 Å². The largest absolute Gasteiger partial charge is 0.396 e. The van der Waals surface area contributed by atoms with Crippen LogP contribution in [0.2, 0.25) is 0 Å². The maximum absolute atomic E-state index is 13.3. The highest BCUT2D eigenvalue weighted by Crippen LogP contribution is 2.20. The molecule has 0 radical (unpaired) electrons. The van der Waals surface area contributed by atoms with Gasteiger partial charge in [-0.2, -0.15) is 0 Å². The molecule has 0 aliphatic heterocycles. The SMILES string of the molecule is CC(C)(CO)CS(=O)(=O)Nc1ccccc1F. The Balaban J connectivity index is 2.85. The molecule has 0 aromatic heterocycles. The van der Waals surface area contributed by atoms with Gasteiger partial charge in [-0.3, -0.25) is 4.72 Å². The predicted molar refractivity (Wildman–Crippen MR) is 64.7 cm³/mol. The van der Waals surface area contributed by atoms with Crippen LogP contribution in [0.4, 0.5) is 10.1 Å². The smallest absolute Gasteiger partial charge is 0.233 e. The molecule has 0 bridgehead atoms. The molecule has 0 unspecified atom stereocenters. The number of hydrogen-bond acceptors (Lipinski definition) is 3. The van der Waals surface area contributed by atoms with E-state index in [0.717, 1.165) is 0 Å². The first-order chi connectivity index (χ1) is 7.76. The first-order valence-corrected chi connectivity index (χ1v) is 6.77. The third kappa shape index (κ3) is 4.32. The molecule has 0 saturated heterocycles. The molecule has 6 heteroatoms. The summed E-state index contributed by atoms with van der Waals surface area (Å²) in [6, 6.07) is 5.54. The van der Waals surface area contributed by atoms with Crippen molar-refractivity contribution < 1.29 is 17.9 Å². The van der Waals surface area contributed by atoms with Crippen LogP contribution in [-0.2, 0) is 10.0 Å². The molecule has 0 aliphatic rings. The highest BCUT2D eigenvalue weighted by molar-refractivity contribution is 7.92. The summed E-state index contributed by atoms with van der Waals surface area (Å²) in [5, 5.41) is 9.01. The molecule has 0 amide bonds. The first kappa shape index (κ1) is 13.9. The number of aliphatic hydroxyl groups excluding tert-OH is 1. The fourth-order valence-electron chi connectivity index (χ4n) is 1.31.